The number of hydrogen-bond donors (Lipinski definition) is 2. The second-order valence-electron chi connectivity index (χ2n) is 8.90. The molecule has 9 nitrogen and oxygen atoms in total. The summed E-state index contributed by atoms with van der Waals surface area (Å²) >= 11 is 2.35. The number of fused-ring (bicyclic) bond motifs is 1. The zero-order chi connectivity index (χ0) is 25.3. The molecule has 0 aliphatic carbocycles. The lowest BCUT2D eigenvalue weighted by Crippen LogP contribution is -2.36. The summed E-state index contributed by atoms with van der Waals surface area (Å²) in [5.41, 5.74) is -0.106. The molecule has 4 rings (SSSR count). The van der Waals surface area contributed by atoms with E-state index in [-0.39, 0.29) is 29.6 Å². The van der Waals surface area contributed by atoms with Crippen LogP contribution in [0.3, 0.4) is 0 Å². The second-order valence-corrected chi connectivity index (χ2v) is 10.8. The van der Waals surface area contributed by atoms with E-state index in [4.69, 9.17) is 9.47 Å². The van der Waals surface area contributed by atoms with Crippen LogP contribution < -0.4 is 10.1 Å². The Morgan fingerprint density at radius 3 is 2.77 bits per heavy atom. The Balaban J connectivity index is 1.56. The average Bonchev–Trinajstić information content (AvgIpc) is 3.37. The van der Waals surface area contributed by atoms with Crippen molar-refractivity contribution in [2.45, 2.75) is 49.4 Å². The van der Waals surface area contributed by atoms with Crippen LogP contribution in [0.25, 0.3) is 10.3 Å². The first-order chi connectivity index (χ1) is 16.5. The maximum Gasteiger partial charge on any atom is 0.410 e. The van der Waals surface area contributed by atoms with Crippen molar-refractivity contribution in [1.82, 2.24) is 19.9 Å². The van der Waals surface area contributed by atoms with E-state index in [9.17, 15) is 18.7 Å². The molecule has 1 aromatic carbocycles. The Morgan fingerprint density at radius 2 is 2.06 bits per heavy atom. The number of methoxy groups -OCH3 is 1. The van der Waals surface area contributed by atoms with Gasteiger partial charge in [0.15, 0.2) is 28.3 Å². The Kier molecular flexibility index (Phi) is 7.29. The monoisotopic (exact) mass is 525 g/mol. The van der Waals surface area contributed by atoms with Crippen molar-refractivity contribution in [1.29, 1.82) is 0 Å². The van der Waals surface area contributed by atoms with Gasteiger partial charge in [-0.1, -0.05) is 35.2 Å². The minimum atomic E-state index is -0.921. The Hall–Kier alpha value is -2.77. The lowest BCUT2D eigenvalue weighted by molar-refractivity contribution is 0.0270. The fraction of sp³-hybridized carbons (Fsp3) is 0.455. The zero-order valence-electron chi connectivity index (χ0n) is 19.5. The molecule has 2 N–H and O–H groups in total. The van der Waals surface area contributed by atoms with Crippen LogP contribution in [0.15, 0.2) is 23.4 Å². The summed E-state index contributed by atoms with van der Waals surface area (Å²) in [6.45, 7) is 5.63. The highest BCUT2D eigenvalue weighted by Crippen LogP contribution is 2.35. The maximum absolute atomic E-state index is 14.1. The number of aromatic nitrogens is 3. The fourth-order valence-electron chi connectivity index (χ4n) is 3.42. The zero-order valence-corrected chi connectivity index (χ0v) is 21.2. The summed E-state index contributed by atoms with van der Waals surface area (Å²) in [4.78, 5) is 27.2. The molecule has 0 radical (unpaired) electrons. The lowest BCUT2D eigenvalue weighted by atomic mass is 10.2. The fourth-order valence-corrected chi connectivity index (χ4v) is 5.00. The van der Waals surface area contributed by atoms with Gasteiger partial charge < -0.3 is 24.8 Å². The molecule has 1 amide bonds. The number of thiazole rings is 1. The minimum Gasteiger partial charge on any atom is -0.473 e. The molecule has 1 saturated heterocycles. The number of anilines is 1. The number of benzene rings is 1. The van der Waals surface area contributed by atoms with Crippen LogP contribution in [0.5, 0.6) is 5.19 Å². The molecule has 13 heteroatoms. The predicted molar refractivity (Wildman–Crippen MR) is 129 cm³/mol. The molecule has 0 bridgehead atoms. The van der Waals surface area contributed by atoms with Crippen LogP contribution in [0.4, 0.5) is 19.4 Å². The van der Waals surface area contributed by atoms with Crippen LogP contribution >= 0.6 is 23.1 Å². The van der Waals surface area contributed by atoms with Crippen molar-refractivity contribution < 1.29 is 28.2 Å². The van der Waals surface area contributed by atoms with E-state index >= 15 is 0 Å². The van der Waals surface area contributed by atoms with Gasteiger partial charge in [-0.15, -0.1) is 0 Å². The van der Waals surface area contributed by atoms with E-state index in [1.54, 1.807) is 20.8 Å². The first-order valence-corrected chi connectivity index (χ1v) is 12.5. The third-order valence-corrected chi connectivity index (χ3v) is 6.95. The molecule has 2 aromatic heterocycles. The summed E-state index contributed by atoms with van der Waals surface area (Å²) in [7, 11) is 1.49. The van der Waals surface area contributed by atoms with E-state index in [0.29, 0.717) is 21.4 Å². The van der Waals surface area contributed by atoms with Gasteiger partial charge in [0.2, 0.25) is 0 Å². The molecular weight excluding hydrogens is 500 g/mol. The van der Waals surface area contributed by atoms with Crippen molar-refractivity contribution in [2.24, 2.45) is 0 Å². The molecule has 3 heterocycles. The Labute approximate surface area is 208 Å². The third-order valence-electron chi connectivity index (χ3n) is 5.04. The van der Waals surface area contributed by atoms with E-state index < -0.39 is 35.5 Å². The minimum absolute atomic E-state index is 0.104. The third kappa shape index (κ3) is 5.90. The SMILES string of the molecule is COc1nc2nc(SCc3cccc(F)c3F)nc(NC3CN(C(=O)OC(C)(C)C)CC3O)c2s1. The predicted octanol–water partition coefficient (Wildman–Crippen LogP) is 4.06. The van der Waals surface area contributed by atoms with Crippen LogP contribution in [0.2, 0.25) is 0 Å². The average molecular weight is 526 g/mol. The number of carbonyl (C=O) groups excluding carboxylic acids is 1. The summed E-state index contributed by atoms with van der Waals surface area (Å²) < 4.78 is 38.9. The van der Waals surface area contributed by atoms with Crippen molar-refractivity contribution in [3.63, 3.8) is 0 Å². The number of hydrogen-bond acceptors (Lipinski definition) is 10. The second kappa shape index (κ2) is 10.1. The number of halogens is 2. The van der Waals surface area contributed by atoms with E-state index in [2.05, 4.69) is 20.3 Å². The highest BCUT2D eigenvalue weighted by atomic mass is 32.2. The number of nitrogens with zero attached hydrogens (tertiary/aromatic N) is 4. The maximum atomic E-state index is 14.1. The summed E-state index contributed by atoms with van der Waals surface area (Å²) in [6, 6.07) is 3.47. The number of aliphatic hydroxyl groups is 1. The molecule has 3 aromatic rings. The number of rotatable bonds is 6. The molecule has 35 heavy (non-hydrogen) atoms. The lowest BCUT2D eigenvalue weighted by Gasteiger charge is -2.24. The summed E-state index contributed by atoms with van der Waals surface area (Å²) in [5.74, 6) is -1.33. The highest BCUT2D eigenvalue weighted by Gasteiger charge is 2.37. The van der Waals surface area contributed by atoms with Crippen molar-refractivity contribution in [3.05, 3.63) is 35.4 Å². The van der Waals surface area contributed by atoms with Crippen molar-refractivity contribution in [3.8, 4) is 5.19 Å². The van der Waals surface area contributed by atoms with Gasteiger partial charge >= 0.3 is 6.09 Å². The highest BCUT2D eigenvalue weighted by molar-refractivity contribution is 7.98. The standard InChI is InChI=1S/C22H25F2N5O4S2/c1-22(2,3)33-21(31)29-8-13(14(30)9-29)25-17-16-18(28-20(32-4)35-16)27-19(26-17)34-10-11-6-5-7-12(23)15(11)24/h5-7,13-14,30H,8-10H2,1-4H3,(H,25,26,27). The largest absolute Gasteiger partial charge is 0.473 e. The van der Waals surface area contributed by atoms with E-state index in [1.165, 1.54) is 35.5 Å². The quantitative estimate of drug-likeness (QED) is 0.364. The molecule has 1 fully saturated rings. The van der Waals surface area contributed by atoms with Crippen LogP contribution in [0.1, 0.15) is 26.3 Å². The number of nitrogens with one attached hydrogen (secondary N) is 1. The topological polar surface area (TPSA) is 110 Å². The van der Waals surface area contributed by atoms with Crippen molar-refractivity contribution >= 4 is 45.4 Å². The molecule has 1 aliphatic rings. The van der Waals surface area contributed by atoms with E-state index in [1.807, 2.05) is 0 Å². The van der Waals surface area contributed by atoms with Gasteiger partial charge in [-0.25, -0.2) is 23.5 Å². The number of carbonyl (C=O) groups is 1. The molecule has 2 atom stereocenters. The number of likely N-dealkylation sites (tertiary alicyclic amines) is 1. The van der Waals surface area contributed by atoms with Gasteiger partial charge in [0, 0.05) is 17.9 Å². The first-order valence-electron chi connectivity index (χ1n) is 10.7. The first kappa shape index (κ1) is 25.3. The molecule has 0 saturated carbocycles. The number of aliphatic hydroxyl groups excluding tert-OH is 1. The Bertz CT molecular complexity index is 1240. The molecular formula is C22H25F2N5O4S2. The molecule has 1 aliphatic heterocycles. The molecule has 0 spiro atoms. The summed E-state index contributed by atoms with van der Waals surface area (Å²) in [5, 5.41) is 14.4. The van der Waals surface area contributed by atoms with Crippen LogP contribution in [0, 0.1) is 11.6 Å². The van der Waals surface area contributed by atoms with Gasteiger partial charge in [-0.05, 0) is 26.8 Å². The Morgan fingerprint density at radius 1 is 1.29 bits per heavy atom. The molecule has 188 valence electrons. The van der Waals surface area contributed by atoms with Gasteiger partial charge in [0.1, 0.15) is 10.3 Å². The molecule has 2 unspecified atom stereocenters. The van der Waals surface area contributed by atoms with Crippen molar-refractivity contribution in [2.75, 3.05) is 25.5 Å². The summed E-state index contributed by atoms with van der Waals surface area (Å²) in [6.07, 6.45) is -1.37. The van der Waals surface area contributed by atoms with Gasteiger partial charge in [-0.2, -0.15) is 4.98 Å². The van der Waals surface area contributed by atoms with Gasteiger partial charge in [0.25, 0.3) is 5.19 Å². The van der Waals surface area contributed by atoms with Crippen LogP contribution in [-0.4, -0.2) is 69.0 Å². The van der Waals surface area contributed by atoms with Gasteiger partial charge in [-0.3, -0.25) is 0 Å². The number of thioether (sulfide) groups is 1. The smallest absolute Gasteiger partial charge is 0.410 e. The number of amides is 1. The number of ether oxygens (including phenoxy) is 2. The number of β-amino-alcohol motifs (C(OH)–C–C–N with tert-alkyl or cyclic N) is 1. The normalized spacial score (nSPS) is 18.2. The van der Waals surface area contributed by atoms with Gasteiger partial charge in [0.05, 0.1) is 25.8 Å². The van der Waals surface area contributed by atoms with E-state index in [0.717, 1.165) is 17.8 Å². The van der Waals surface area contributed by atoms with Crippen LogP contribution in [-0.2, 0) is 10.5 Å².